The Morgan fingerprint density at radius 1 is 1.33 bits per heavy atom. The number of nitrogens with one attached hydrogen (secondary N) is 1. The minimum absolute atomic E-state index is 0.0841. The Kier molecular flexibility index (Phi) is 6.61. The molecule has 2 atom stereocenters. The number of hydrogen-bond donors (Lipinski definition) is 1. The van der Waals surface area contributed by atoms with Gasteiger partial charge < -0.3 is 9.64 Å². The number of amides is 2. The van der Waals surface area contributed by atoms with Crippen molar-refractivity contribution in [3.8, 4) is 5.75 Å². The van der Waals surface area contributed by atoms with Crippen LogP contribution < -0.4 is 10.2 Å². The van der Waals surface area contributed by atoms with Gasteiger partial charge in [0, 0.05) is 18.5 Å². The standard InChI is InChI=1S/C18H26N2O4/c1-4-5-12-20-16(21)11-10-14(18(22)19-24-3)17(20)13-8-6-7-9-15(13)23-2/h6-9,14,17H,4-5,10-12H2,1-3H3,(H,19,22). The monoisotopic (exact) mass is 334 g/mol. The Morgan fingerprint density at radius 2 is 2.08 bits per heavy atom. The summed E-state index contributed by atoms with van der Waals surface area (Å²) in [6, 6.07) is 7.23. The van der Waals surface area contributed by atoms with E-state index in [-0.39, 0.29) is 23.8 Å². The molecule has 132 valence electrons. The van der Waals surface area contributed by atoms with Crippen molar-refractivity contribution in [3.63, 3.8) is 0 Å². The first kappa shape index (κ1) is 18.3. The molecule has 1 aliphatic rings. The predicted octanol–water partition coefficient (Wildman–Crippen LogP) is 2.45. The lowest BCUT2D eigenvalue weighted by Crippen LogP contribution is -2.48. The highest BCUT2D eigenvalue weighted by molar-refractivity contribution is 5.84. The topological polar surface area (TPSA) is 67.9 Å². The number of hydroxylamine groups is 1. The molecule has 2 unspecified atom stereocenters. The van der Waals surface area contributed by atoms with Crippen LogP contribution in [0.2, 0.25) is 0 Å². The maximum atomic E-state index is 12.5. The number of para-hydroxylation sites is 1. The van der Waals surface area contributed by atoms with Crippen LogP contribution in [0, 0.1) is 5.92 Å². The Morgan fingerprint density at radius 3 is 2.75 bits per heavy atom. The molecule has 24 heavy (non-hydrogen) atoms. The molecular weight excluding hydrogens is 308 g/mol. The molecule has 0 radical (unpaired) electrons. The third kappa shape index (κ3) is 3.87. The molecule has 1 aromatic rings. The van der Waals surface area contributed by atoms with Crippen molar-refractivity contribution in [3.05, 3.63) is 29.8 Å². The first-order valence-corrected chi connectivity index (χ1v) is 8.39. The Hall–Kier alpha value is -2.08. The number of methoxy groups -OCH3 is 1. The number of unbranched alkanes of at least 4 members (excludes halogenated alkanes) is 1. The van der Waals surface area contributed by atoms with Crippen LogP contribution in [-0.4, -0.2) is 37.5 Å². The van der Waals surface area contributed by atoms with Crippen LogP contribution in [0.5, 0.6) is 5.75 Å². The molecule has 0 bridgehead atoms. The third-order valence-corrected chi connectivity index (χ3v) is 4.46. The predicted molar refractivity (Wildman–Crippen MR) is 90.2 cm³/mol. The van der Waals surface area contributed by atoms with E-state index in [0.717, 1.165) is 18.4 Å². The Balaban J connectivity index is 2.43. The van der Waals surface area contributed by atoms with E-state index in [1.165, 1.54) is 7.11 Å². The fourth-order valence-corrected chi connectivity index (χ4v) is 3.29. The first-order valence-electron chi connectivity index (χ1n) is 8.39. The summed E-state index contributed by atoms with van der Waals surface area (Å²) >= 11 is 0. The van der Waals surface area contributed by atoms with Crippen LogP contribution in [0.15, 0.2) is 24.3 Å². The Labute approximate surface area is 143 Å². The molecule has 1 saturated heterocycles. The van der Waals surface area contributed by atoms with Crippen LogP contribution in [0.3, 0.4) is 0 Å². The average molecular weight is 334 g/mol. The van der Waals surface area contributed by atoms with Crippen molar-refractivity contribution in [2.75, 3.05) is 20.8 Å². The molecule has 6 nitrogen and oxygen atoms in total. The van der Waals surface area contributed by atoms with Crippen molar-refractivity contribution in [1.82, 2.24) is 10.4 Å². The van der Waals surface area contributed by atoms with Gasteiger partial charge in [0.05, 0.1) is 26.2 Å². The molecule has 1 N–H and O–H groups in total. The van der Waals surface area contributed by atoms with Gasteiger partial charge in [-0.2, -0.15) is 0 Å². The summed E-state index contributed by atoms with van der Waals surface area (Å²) in [4.78, 5) is 31.7. The zero-order valence-corrected chi connectivity index (χ0v) is 14.6. The zero-order chi connectivity index (χ0) is 17.5. The molecule has 6 heteroatoms. The van der Waals surface area contributed by atoms with Crippen LogP contribution in [0.25, 0.3) is 0 Å². The Bertz CT molecular complexity index is 574. The molecule has 0 spiro atoms. The van der Waals surface area contributed by atoms with Gasteiger partial charge in [-0.15, -0.1) is 0 Å². The summed E-state index contributed by atoms with van der Waals surface area (Å²) in [5.74, 6) is 0.202. The minimum atomic E-state index is -0.365. The number of likely N-dealkylation sites (tertiary alicyclic amines) is 1. The van der Waals surface area contributed by atoms with Gasteiger partial charge in [-0.3, -0.25) is 14.4 Å². The van der Waals surface area contributed by atoms with E-state index < -0.39 is 0 Å². The fraction of sp³-hybridized carbons (Fsp3) is 0.556. The maximum Gasteiger partial charge on any atom is 0.249 e. The van der Waals surface area contributed by atoms with E-state index in [4.69, 9.17) is 9.57 Å². The van der Waals surface area contributed by atoms with Crippen LogP contribution in [0.1, 0.15) is 44.2 Å². The normalized spacial score (nSPS) is 20.8. The number of piperidine rings is 1. The lowest BCUT2D eigenvalue weighted by Gasteiger charge is -2.41. The molecule has 2 amide bonds. The van der Waals surface area contributed by atoms with Gasteiger partial charge in [0.15, 0.2) is 0 Å². The molecule has 1 heterocycles. The highest BCUT2D eigenvalue weighted by atomic mass is 16.6. The van der Waals surface area contributed by atoms with E-state index in [2.05, 4.69) is 12.4 Å². The number of hydrogen-bond acceptors (Lipinski definition) is 4. The van der Waals surface area contributed by atoms with E-state index in [0.29, 0.717) is 25.1 Å². The van der Waals surface area contributed by atoms with E-state index in [9.17, 15) is 9.59 Å². The summed E-state index contributed by atoms with van der Waals surface area (Å²) in [6.45, 7) is 2.72. The third-order valence-electron chi connectivity index (χ3n) is 4.46. The molecule has 0 saturated carbocycles. The summed E-state index contributed by atoms with van der Waals surface area (Å²) < 4.78 is 5.47. The molecule has 0 aliphatic carbocycles. The van der Waals surface area contributed by atoms with Crippen LogP contribution in [-0.2, 0) is 14.4 Å². The summed E-state index contributed by atoms with van der Waals surface area (Å²) in [7, 11) is 3.02. The quantitative estimate of drug-likeness (QED) is 0.778. The van der Waals surface area contributed by atoms with Crippen molar-refractivity contribution >= 4 is 11.8 Å². The lowest BCUT2D eigenvalue weighted by molar-refractivity contribution is -0.148. The highest BCUT2D eigenvalue weighted by Crippen LogP contribution is 2.40. The van der Waals surface area contributed by atoms with Crippen LogP contribution in [0.4, 0.5) is 0 Å². The van der Waals surface area contributed by atoms with E-state index >= 15 is 0 Å². The largest absolute Gasteiger partial charge is 0.496 e. The number of ether oxygens (including phenoxy) is 1. The highest BCUT2D eigenvalue weighted by Gasteiger charge is 2.41. The summed E-state index contributed by atoms with van der Waals surface area (Å²) in [5.41, 5.74) is 3.29. The van der Waals surface area contributed by atoms with Gasteiger partial charge in [-0.25, -0.2) is 5.48 Å². The van der Waals surface area contributed by atoms with Crippen molar-refractivity contribution in [2.45, 2.75) is 38.6 Å². The molecule has 1 aliphatic heterocycles. The number of benzene rings is 1. The lowest BCUT2D eigenvalue weighted by atomic mass is 9.83. The number of carbonyl (C=O) groups excluding carboxylic acids is 2. The maximum absolute atomic E-state index is 12.5. The number of nitrogens with zero attached hydrogens (tertiary/aromatic N) is 1. The summed E-state index contributed by atoms with van der Waals surface area (Å²) in [6.07, 6.45) is 2.75. The van der Waals surface area contributed by atoms with Crippen molar-refractivity contribution in [1.29, 1.82) is 0 Å². The minimum Gasteiger partial charge on any atom is -0.496 e. The van der Waals surface area contributed by atoms with Gasteiger partial charge in [-0.05, 0) is 18.9 Å². The average Bonchev–Trinajstić information content (AvgIpc) is 2.60. The molecule has 0 aromatic heterocycles. The summed E-state index contributed by atoms with van der Waals surface area (Å²) in [5, 5.41) is 0. The van der Waals surface area contributed by atoms with Gasteiger partial charge in [0.2, 0.25) is 11.8 Å². The van der Waals surface area contributed by atoms with Crippen molar-refractivity contribution < 1.29 is 19.2 Å². The molecule has 2 rings (SSSR count). The van der Waals surface area contributed by atoms with Gasteiger partial charge in [0.1, 0.15) is 5.75 Å². The first-order chi connectivity index (χ1) is 11.6. The molecular formula is C18H26N2O4. The fourth-order valence-electron chi connectivity index (χ4n) is 3.29. The zero-order valence-electron chi connectivity index (χ0n) is 14.6. The molecule has 1 fully saturated rings. The second-order valence-electron chi connectivity index (χ2n) is 5.94. The SMILES string of the molecule is CCCCN1C(=O)CCC(C(=O)NOC)C1c1ccccc1OC. The van der Waals surface area contributed by atoms with Crippen molar-refractivity contribution in [2.24, 2.45) is 5.92 Å². The number of carbonyl (C=O) groups is 2. The molecule has 1 aromatic carbocycles. The van der Waals surface area contributed by atoms with E-state index in [1.807, 2.05) is 29.2 Å². The smallest absolute Gasteiger partial charge is 0.249 e. The van der Waals surface area contributed by atoms with Gasteiger partial charge >= 0.3 is 0 Å². The van der Waals surface area contributed by atoms with Gasteiger partial charge in [-0.1, -0.05) is 31.5 Å². The van der Waals surface area contributed by atoms with E-state index in [1.54, 1.807) is 7.11 Å². The van der Waals surface area contributed by atoms with Crippen LogP contribution >= 0.6 is 0 Å². The van der Waals surface area contributed by atoms with Gasteiger partial charge in [0.25, 0.3) is 0 Å². The number of rotatable bonds is 7. The second kappa shape index (κ2) is 8.68. The second-order valence-corrected chi connectivity index (χ2v) is 5.94.